The van der Waals surface area contributed by atoms with Crippen LogP contribution >= 0.6 is 12.2 Å². The van der Waals surface area contributed by atoms with Crippen LogP contribution in [0.5, 0.6) is 0 Å². The molecular weight excluding hydrogens is 336 g/mol. The Kier molecular flexibility index (Phi) is 4.76. The average Bonchev–Trinajstić information content (AvgIpc) is 3.01. The second-order valence-corrected chi connectivity index (χ2v) is 5.78. The van der Waals surface area contributed by atoms with Crippen LogP contribution < -0.4 is 10.6 Å². The Hall–Kier alpha value is -3.19. The number of anilines is 2. The summed E-state index contributed by atoms with van der Waals surface area (Å²) in [7, 11) is 0. The highest BCUT2D eigenvalue weighted by Crippen LogP contribution is 2.17. The van der Waals surface area contributed by atoms with Crippen LogP contribution in [0.3, 0.4) is 0 Å². The largest absolute Gasteiger partial charge is 0.337 e. The fourth-order valence-corrected chi connectivity index (χ4v) is 2.60. The molecule has 0 radical (unpaired) electrons. The van der Waals surface area contributed by atoms with E-state index in [0.717, 1.165) is 5.69 Å². The minimum atomic E-state index is -0.232. The molecule has 2 amide bonds. The van der Waals surface area contributed by atoms with E-state index in [1.807, 2.05) is 35.0 Å². The van der Waals surface area contributed by atoms with Crippen molar-refractivity contribution in [3.05, 3.63) is 71.3 Å². The van der Waals surface area contributed by atoms with Gasteiger partial charge in [-0.2, -0.15) is 0 Å². The zero-order valence-electron chi connectivity index (χ0n) is 13.4. The number of imidazole rings is 1. The summed E-state index contributed by atoms with van der Waals surface area (Å²) in [5, 5.41) is 5.52. The SMILES string of the molecule is CC(=O)Nc1ccc(C(=O)Nc2cccc(-n3cc[nH]c3=S)c2)cc1. The third-order valence-corrected chi connectivity index (χ3v) is 3.81. The Balaban J connectivity index is 1.76. The van der Waals surface area contributed by atoms with E-state index in [0.29, 0.717) is 21.7 Å². The summed E-state index contributed by atoms with van der Waals surface area (Å²) in [6, 6.07) is 14.1. The molecule has 0 bridgehead atoms. The molecule has 1 aromatic heterocycles. The summed E-state index contributed by atoms with van der Waals surface area (Å²) in [6.07, 6.45) is 3.58. The van der Waals surface area contributed by atoms with Crippen molar-refractivity contribution in [3.8, 4) is 5.69 Å². The van der Waals surface area contributed by atoms with Crippen LogP contribution in [0.25, 0.3) is 5.69 Å². The van der Waals surface area contributed by atoms with Gasteiger partial charge < -0.3 is 15.6 Å². The quantitative estimate of drug-likeness (QED) is 0.626. The van der Waals surface area contributed by atoms with Crippen LogP contribution in [0.4, 0.5) is 11.4 Å². The van der Waals surface area contributed by atoms with Gasteiger partial charge in [-0.3, -0.25) is 14.2 Å². The molecule has 6 nitrogen and oxygen atoms in total. The highest BCUT2D eigenvalue weighted by molar-refractivity contribution is 7.71. The first-order valence-corrected chi connectivity index (χ1v) is 7.99. The molecule has 0 aliphatic heterocycles. The summed E-state index contributed by atoms with van der Waals surface area (Å²) in [6.45, 7) is 1.43. The number of aromatic nitrogens is 2. The lowest BCUT2D eigenvalue weighted by Gasteiger charge is -2.09. The van der Waals surface area contributed by atoms with Crippen LogP contribution in [-0.4, -0.2) is 21.4 Å². The molecule has 1 heterocycles. The molecular formula is C18H16N4O2S. The number of benzene rings is 2. The lowest BCUT2D eigenvalue weighted by atomic mass is 10.2. The van der Waals surface area contributed by atoms with Gasteiger partial charge in [0.1, 0.15) is 0 Å². The molecule has 3 aromatic rings. The van der Waals surface area contributed by atoms with Crippen molar-refractivity contribution < 1.29 is 9.59 Å². The Labute approximate surface area is 149 Å². The second kappa shape index (κ2) is 7.14. The van der Waals surface area contributed by atoms with Crippen LogP contribution in [0.1, 0.15) is 17.3 Å². The van der Waals surface area contributed by atoms with Crippen molar-refractivity contribution >= 4 is 35.4 Å². The summed E-state index contributed by atoms with van der Waals surface area (Å²) < 4.78 is 2.39. The zero-order valence-corrected chi connectivity index (χ0v) is 14.3. The second-order valence-electron chi connectivity index (χ2n) is 5.40. The summed E-state index contributed by atoms with van der Waals surface area (Å²) in [4.78, 5) is 26.3. The lowest BCUT2D eigenvalue weighted by Crippen LogP contribution is -2.12. The topological polar surface area (TPSA) is 78.9 Å². The molecule has 0 saturated heterocycles. The predicted molar refractivity (Wildman–Crippen MR) is 99.7 cm³/mol. The van der Waals surface area contributed by atoms with E-state index in [4.69, 9.17) is 12.2 Å². The standard InChI is InChI=1S/C18H16N4O2S/c1-12(23)20-14-7-5-13(6-8-14)17(24)21-15-3-2-4-16(11-15)22-10-9-19-18(22)25/h2-11H,1H3,(H,19,25)(H,20,23)(H,21,24). The highest BCUT2D eigenvalue weighted by Gasteiger charge is 2.07. The third kappa shape index (κ3) is 4.02. The monoisotopic (exact) mass is 352 g/mol. The van der Waals surface area contributed by atoms with Gasteiger partial charge in [0, 0.05) is 41.9 Å². The number of aromatic amines is 1. The zero-order chi connectivity index (χ0) is 17.8. The maximum absolute atomic E-state index is 12.4. The van der Waals surface area contributed by atoms with E-state index in [-0.39, 0.29) is 11.8 Å². The molecule has 25 heavy (non-hydrogen) atoms. The van der Waals surface area contributed by atoms with Crippen LogP contribution in [-0.2, 0) is 4.79 Å². The molecule has 0 atom stereocenters. The first-order valence-electron chi connectivity index (χ1n) is 7.58. The Morgan fingerprint density at radius 3 is 2.44 bits per heavy atom. The third-order valence-electron chi connectivity index (χ3n) is 3.50. The number of hydrogen-bond donors (Lipinski definition) is 3. The maximum atomic E-state index is 12.4. The molecule has 0 spiro atoms. The fourth-order valence-electron chi connectivity index (χ4n) is 2.37. The number of rotatable bonds is 4. The van der Waals surface area contributed by atoms with Gasteiger partial charge in [0.15, 0.2) is 4.77 Å². The number of carbonyl (C=O) groups is 2. The van der Waals surface area contributed by atoms with E-state index < -0.39 is 0 Å². The highest BCUT2D eigenvalue weighted by atomic mass is 32.1. The average molecular weight is 352 g/mol. The van der Waals surface area contributed by atoms with Crippen LogP contribution in [0.15, 0.2) is 60.9 Å². The van der Waals surface area contributed by atoms with Gasteiger partial charge in [0.2, 0.25) is 5.91 Å². The van der Waals surface area contributed by atoms with E-state index in [1.165, 1.54) is 6.92 Å². The minimum absolute atomic E-state index is 0.155. The Morgan fingerprint density at radius 1 is 1.04 bits per heavy atom. The normalized spacial score (nSPS) is 10.3. The molecule has 3 rings (SSSR count). The van der Waals surface area contributed by atoms with Gasteiger partial charge in [-0.25, -0.2) is 0 Å². The van der Waals surface area contributed by atoms with Crippen molar-refractivity contribution in [2.24, 2.45) is 0 Å². The molecule has 0 fully saturated rings. The van der Waals surface area contributed by atoms with Crippen LogP contribution in [0, 0.1) is 4.77 Å². The van der Waals surface area contributed by atoms with E-state index in [9.17, 15) is 9.59 Å². The number of nitrogens with zero attached hydrogens (tertiary/aromatic N) is 1. The van der Waals surface area contributed by atoms with Gasteiger partial charge in [0.25, 0.3) is 5.91 Å². The first kappa shape index (κ1) is 16.7. The van der Waals surface area contributed by atoms with Gasteiger partial charge in [-0.15, -0.1) is 0 Å². The molecule has 0 saturated carbocycles. The van der Waals surface area contributed by atoms with E-state index in [2.05, 4.69) is 15.6 Å². The Bertz CT molecular complexity index is 973. The van der Waals surface area contributed by atoms with Gasteiger partial charge >= 0.3 is 0 Å². The number of H-pyrrole nitrogens is 1. The van der Waals surface area contributed by atoms with E-state index in [1.54, 1.807) is 30.5 Å². The molecule has 0 unspecified atom stereocenters. The molecule has 126 valence electrons. The number of nitrogens with one attached hydrogen (secondary N) is 3. The maximum Gasteiger partial charge on any atom is 0.255 e. The van der Waals surface area contributed by atoms with Gasteiger partial charge in [-0.1, -0.05) is 6.07 Å². The summed E-state index contributed by atoms with van der Waals surface area (Å²) in [5.74, 6) is -0.387. The molecule has 7 heteroatoms. The Morgan fingerprint density at radius 2 is 1.80 bits per heavy atom. The molecule has 2 aromatic carbocycles. The molecule has 3 N–H and O–H groups in total. The lowest BCUT2D eigenvalue weighted by molar-refractivity contribution is -0.114. The van der Waals surface area contributed by atoms with Crippen molar-refractivity contribution in [2.45, 2.75) is 6.92 Å². The fraction of sp³-hybridized carbons (Fsp3) is 0.0556. The number of amides is 2. The van der Waals surface area contributed by atoms with Crippen molar-refractivity contribution in [1.82, 2.24) is 9.55 Å². The number of hydrogen-bond acceptors (Lipinski definition) is 3. The summed E-state index contributed by atoms with van der Waals surface area (Å²) in [5.41, 5.74) is 2.66. The summed E-state index contributed by atoms with van der Waals surface area (Å²) >= 11 is 5.21. The van der Waals surface area contributed by atoms with Crippen molar-refractivity contribution in [3.63, 3.8) is 0 Å². The van der Waals surface area contributed by atoms with E-state index >= 15 is 0 Å². The predicted octanol–water partition coefficient (Wildman–Crippen LogP) is 3.75. The first-order chi connectivity index (χ1) is 12.0. The molecule has 0 aliphatic carbocycles. The van der Waals surface area contributed by atoms with Gasteiger partial charge in [0.05, 0.1) is 0 Å². The van der Waals surface area contributed by atoms with Crippen molar-refractivity contribution in [1.29, 1.82) is 0 Å². The van der Waals surface area contributed by atoms with Crippen LogP contribution in [0.2, 0.25) is 0 Å². The van der Waals surface area contributed by atoms with Crippen molar-refractivity contribution in [2.75, 3.05) is 10.6 Å². The van der Waals surface area contributed by atoms with Gasteiger partial charge in [-0.05, 0) is 54.7 Å². The minimum Gasteiger partial charge on any atom is -0.337 e. The number of carbonyl (C=O) groups excluding carboxylic acids is 2. The smallest absolute Gasteiger partial charge is 0.255 e. The molecule has 0 aliphatic rings.